The van der Waals surface area contributed by atoms with Crippen molar-refractivity contribution >= 4 is 17.5 Å². The highest BCUT2D eigenvalue weighted by Crippen LogP contribution is 2.23. The molecule has 0 unspecified atom stereocenters. The van der Waals surface area contributed by atoms with Gasteiger partial charge >= 0.3 is 0 Å². The molecule has 1 saturated heterocycles. The van der Waals surface area contributed by atoms with Gasteiger partial charge in [-0.3, -0.25) is 14.6 Å². The first kappa shape index (κ1) is 18.1. The number of aromatic nitrogens is 1. The van der Waals surface area contributed by atoms with Crippen molar-refractivity contribution in [2.24, 2.45) is 0 Å². The maximum Gasteiger partial charge on any atom is 0.257 e. The largest absolute Gasteiger partial charge is 0.339 e. The van der Waals surface area contributed by atoms with E-state index < -0.39 is 0 Å². The van der Waals surface area contributed by atoms with Gasteiger partial charge in [-0.25, -0.2) is 0 Å². The summed E-state index contributed by atoms with van der Waals surface area (Å²) in [4.78, 5) is 31.3. The minimum atomic E-state index is -0.249. The molecule has 0 aliphatic carbocycles. The van der Waals surface area contributed by atoms with Crippen molar-refractivity contribution < 1.29 is 9.59 Å². The number of benzene rings is 1. The molecule has 0 spiro atoms. The summed E-state index contributed by atoms with van der Waals surface area (Å²) in [5.74, 6) is -0.296. The fourth-order valence-corrected chi connectivity index (χ4v) is 3.52. The van der Waals surface area contributed by atoms with E-state index in [4.69, 9.17) is 0 Å². The van der Waals surface area contributed by atoms with Crippen LogP contribution in [-0.2, 0) is 0 Å². The van der Waals surface area contributed by atoms with Crippen molar-refractivity contribution in [1.29, 1.82) is 0 Å². The molecular weight excluding hydrogens is 326 g/mol. The molecule has 1 fully saturated rings. The molecule has 1 aliphatic rings. The molecule has 136 valence electrons. The zero-order valence-corrected chi connectivity index (χ0v) is 15.6. The van der Waals surface area contributed by atoms with Crippen LogP contribution in [0.25, 0.3) is 0 Å². The van der Waals surface area contributed by atoms with Crippen LogP contribution in [0.5, 0.6) is 0 Å². The lowest BCUT2D eigenvalue weighted by Gasteiger charge is -2.26. The van der Waals surface area contributed by atoms with Crippen LogP contribution >= 0.6 is 0 Å². The second-order valence-electron chi connectivity index (χ2n) is 7.04. The average molecular weight is 351 g/mol. The Bertz CT molecular complexity index is 816. The van der Waals surface area contributed by atoms with Crippen molar-refractivity contribution in [3.05, 3.63) is 58.4 Å². The Hall–Kier alpha value is -2.69. The molecular formula is C21H25N3O2. The molecule has 3 rings (SSSR count). The van der Waals surface area contributed by atoms with Gasteiger partial charge in [0.2, 0.25) is 0 Å². The van der Waals surface area contributed by atoms with Crippen LogP contribution in [0, 0.1) is 20.8 Å². The first-order chi connectivity index (χ1) is 12.5. The number of amides is 2. The lowest BCUT2D eigenvalue weighted by molar-refractivity contribution is 0.0724. The molecule has 2 amide bonds. The van der Waals surface area contributed by atoms with E-state index in [1.807, 2.05) is 37.8 Å². The van der Waals surface area contributed by atoms with Crippen LogP contribution in [0.3, 0.4) is 0 Å². The Morgan fingerprint density at radius 1 is 0.923 bits per heavy atom. The average Bonchev–Trinajstić information content (AvgIpc) is 2.64. The van der Waals surface area contributed by atoms with Crippen LogP contribution in [-0.4, -0.2) is 34.8 Å². The molecule has 0 radical (unpaired) electrons. The monoisotopic (exact) mass is 351 g/mol. The maximum absolute atomic E-state index is 12.7. The second-order valence-corrected chi connectivity index (χ2v) is 7.04. The molecule has 1 aromatic heterocycles. The number of hydrogen-bond acceptors (Lipinski definition) is 3. The van der Waals surface area contributed by atoms with Crippen LogP contribution in [0.1, 0.15) is 56.7 Å². The molecule has 1 aliphatic heterocycles. The molecule has 0 atom stereocenters. The standard InChI is InChI=1S/C21H25N3O2/c1-14-9-15(2)19(16(3)10-14)23-20(25)17-11-18(13-22-12-17)21(26)24-7-5-4-6-8-24/h9-13H,4-8H2,1-3H3,(H,23,25). The lowest BCUT2D eigenvalue weighted by Crippen LogP contribution is -2.35. The van der Waals surface area contributed by atoms with E-state index in [1.54, 1.807) is 6.07 Å². The fourth-order valence-electron chi connectivity index (χ4n) is 3.52. The summed E-state index contributed by atoms with van der Waals surface area (Å²) in [7, 11) is 0. The van der Waals surface area contributed by atoms with Crippen molar-refractivity contribution in [2.45, 2.75) is 40.0 Å². The third-order valence-corrected chi connectivity index (χ3v) is 4.81. The van der Waals surface area contributed by atoms with Gasteiger partial charge in [0.1, 0.15) is 0 Å². The van der Waals surface area contributed by atoms with Gasteiger partial charge in [-0.05, 0) is 57.2 Å². The number of likely N-dealkylation sites (tertiary alicyclic amines) is 1. The highest BCUT2D eigenvalue weighted by atomic mass is 16.2. The SMILES string of the molecule is Cc1cc(C)c(NC(=O)c2cncc(C(=O)N3CCCCC3)c2)c(C)c1. The number of nitrogens with one attached hydrogen (secondary N) is 1. The van der Waals surface area contributed by atoms with Crippen LogP contribution in [0.15, 0.2) is 30.6 Å². The summed E-state index contributed by atoms with van der Waals surface area (Å²) < 4.78 is 0. The first-order valence-electron chi connectivity index (χ1n) is 9.09. The minimum Gasteiger partial charge on any atom is -0.339 e. The lowest BCUT2D eigenvalue weighted by atomic mass is 10.0. The molecule has 26 heavy (non-hydrogen) atoms. The van der Waals surface area contributed by atoms with Gasteiger partial charge in [0.15, 0.2) is 0 Å². The molecule has 2 aromatic rings. The third kappa shape index (κ3) is 3.93. The smallest absolute Gasteiger partial charge is 0.257 e. The number of carbonyl (C=O) groups excluding carboxylic acids is 2. The topological polar surface area (TPSA) is 62.3 Å². The number of piperidine rings is 1. The maximum atomic E-state index is 12.7. The summed E-state index contributed by atoms with van der Waals surface area (Å²) in [6.45, 7) is 7.54. The Morgan fingerprint density at radius 2 is 1.54 bits per heavy atom. The van der Waals surface area contributed by atoms with Gasteiger partial charge in [0.25, 0.3) is 11.8 Å². The Balaban J connectivity index is 1.79. The predicted octanol–water partition coefficient (Wildman–Crippen LogP) is 3.89. The van der Waals surface area contributed by atoms with E-state index in [1.165, 1.54) is 18.8 Å². The van der Waals surface area contributed by atoms with Gasteiger partial charge in [0.05, 0.1) is 11.1 Å². The van der Waals surface area contributed by atoms with E-state index in [9.17, 15) is 9.59 Å². The fraction of sp³-hybridized carbons (Fsp3) is 0.381. The summed E-state index contributed by atoms with van der Waals surface area (Å²) in [5, 5.41) is 2.96. The number of rotatable bonds is 3. The van der Waals surface area contributed by atoms with Crippen molar-refractivity contribution in [3.8, 4) is 0 Å². The highest BCUT2D eigenvalue weighted by Gasteiger charge is 2.20. The zero-order valence-electron chi connectivity index (χ0n) is 15.6. The number of carbonyl (C=O) groups is 2. The highest BCUT2D eigenvalue weighted by molar-refractivity contribution is 6.06. The van der Waals surface area contributed by atoms with Gasteiger partial charge < -0.3 is 10.2 Å². The van der Waals surface area contributed by atoms with Crippen molar-refractivity contribution in [1.82, 2.24) is 9.88 Å². The second kappa shape index (κ2) is 7.68. The summed E-state index contributed by atoms with van der Waals surface area (Å²) in [6, 6.07) is 5.71. The molecule has 0 bridgehead atoms. The quantitative estimate of drug-likeness (QED) is 0.913. The summed E-state index contributed by atoms with van der Waals surface area (Å²) >= 11 is 0. The van der Waals surface area contributed by atoms with Crippen molar-refractivity contribution in [2.75, 3.05) is 18.4 Å². The number of nitrogens with zero attached hydrogens (tertiary/aromatic N) is 2. The summed E-state index contributed by atoms with van der Waals surface area (Å²) in [6.07, 6.45) is 6.27. The third-order valence-electron chi connectivity index (χ3n) is 4.81. The minimum absolute atomic E-state index is 0.0467. The van der Waals surface area contributed by atoms with Crippen molar-refractivity contribution in [3.63, 3.8) is 0 Å². The number of aryl methyl sites for hydroxylation is 3. The number of pyridine rings is 1. The van der Waals surface area contributed by atoms with E-state index >= 15 is 0 Å². The van der Waals surface area contributed by atoms with E-state index in [0.29, 0.717) is 11.1 Å². The molecule has 0 saturated carbocycles. The number of hydrogen-bond donors (Lipinski definition) is 1. The van der Waals surface area contributed by atoms with Gasteiger partial charge in [-0.15, -0.1) is 0 Å². The first-order valence-corrected chi connectivity index (χ1v) is 9.09. The number of anilines is 1. The molecule has 5 nitrogen and oxygen atoms in total. The zero-order chi connectivity index (χ0) is 18.7. The molecule has 5 heteroatoms. The van der Waals surface area contributed by atoms with E-state index in [-0.39, 0.29) is 11.8 Å². The van der Waals surface area contributed by atoms with Gasteiger partial charge in [-0.2, -0.15) is 0 Å². The molecule has 1 N–H and O–H groups in total. The van der Waals surface area contributed by atoms with Crippen LogP contribution in [0.4, 0.5) is 5.69 Å². The van der Waals surface area contributed by atoms with E-state index in [0.717, 1.165) is 48.3 Å². The van der Waals surface area contributed by atoms with Crippen LogP contribution in [0.2, 0.25) is 0 Å². The summed E-state index contributed by atoms with van der Waals surface area (Å²) in [5.41, 5.74) is 4.87. The Morgan fingerprint density at radius 3 is 2.19 bits per heavy atom. The Kier molecular flexibility index (Phi) is 5.35. The molecule has 1 aromatic carbocycles. The Labute approximate surface area is 154 Å². The van der Waals surface area contributed by atoms with Gasteiger partial charge in [0, 0.05) is 31.2 Å². The van der Waals surface area contributed by atoms with E-state index in [2.05, 4.69) is 10.3 Å². The van der Waals surface area contributed by atoms with Gasteiger partial charge in [-0.1, -0.05) is 17.7 Å². The molecule has 2 heterocycles. The predicted molar refractivity (Wildman–Crippen MR) is 103 cm³/mol. The normalized spacial score (nSPS) is 14.2. The van der Waals surface area contributed by atoms with Crippen LogP contribution < -0.4 is 5.32 Å².